The fourth-order valence-corrected chi connectivity index (χ4v) is 2.80. The average molecular weight is 470 g/mol. The van der Waals surface area contributed by atoms with E-state index >= 15 is 0 Å². The van der Waals surface area contributed by atoms with Gasteiger partial charge in [0.05, 0.1) is 26.4 Å². The third-order valence-corrected chi connectivity index (χ3v) is 4.39. The number of halogens is 3. The molecule has 1 atom stereocenters. The van der Waals surface area contributed by atoms with Crippen molar-refractivity contribution in [3.8, 4) is 5.75 Å². The van der Waals surface area contributed by atoms with Gasteiger partial charge < -0.3 is 19.5 Å². The highest BCUT2D eigenvalue weighted by molar-refractivity contribution is 5.97. The average Bonchev–Trinajstić information content (AvgIpc) is 2.81. The number of hydrogen-bond donors (Lipinski definition) is 1. The van der Waals surface area contributed by atoms with Gasteiger partial charge in [0.2, 0.25) is 6.93 Å². The third kappa shape index (κ3) is 9.95. The molecule has 0 aliphatic carbocycles. The Labute approximate surface area is 192 Å². The van der Waals surface area contributed by atoms with Crippen LogP contribution in [0.5, 0.6) is 5.75 Å². The molecule has 0 radical (unpaired) electrons. The largest absolute Gasteiger partial charge is 0.496 e. The predicted octanol–water partition coefficient (Wildman–Crippen LogP) is 4.40. The second-order valence-electron chi connectivity index (χ2n) is 7.39. The molecular formula is C24H30F3NO5. The summed E-state index contributed by atoms with van der Waals surface area (Å²) in [6.07, 6.45) is -0.498. The molecule has 0 heterocycles. The summed E-state index contributed by atoms with van der Waals surface area (Å²) in [5.74, 6) is -0.460. The number of benzene rings is 2. The van der Waals surface area contributed by atoms with Crippen molar-refractivity contribution >= 4 is 11.9 Å². The molecule has 1 amide bonds. The maximum Gasteiger partial charge on any atom is 0.335 e. The maximum atomic E-state index is 13.0. The second-order valence-corrected chi connectivity index (χ2v) is 7.39. The first-order chi connectivity index (χ1) is 15.7. The third-order valence-electron chi connectivity index (χ3n) is 4.39. The zero-order valence-corrected chi connectivity index (χ0v) is 19.2. The van der Waals surface area contributed by atoms with Gasteiger partial charge in [-0.05, 0) is 41.3 Å². The molecule has 0 aromatic heterocycles. The molecule has 0 spiro atoms. The predicted molar refractivity (Wildman–Crippen MR) is 118 cm³/mol. The smallest absolute Gasteiger partial charge is 0.335 e. The Bertz CT molecular complexity index is 875. The van der Waals surface area contributed by atoms with Gasteiger partial charge in [0, 0.05) is 13.0 Å². The quantitative estimate of drug-likeness (QED) is 0.522. The van der Waals surface area contributed by atoms with Crippen LogP contribution in [-0.4, -0.2) is 45.7 Å². The Morgan fingerprint density at radius 3 is 2.15 bits per heavy atom. The van der Waals surface area contributed by atoms with Crippen LogP contribution in [0.4, 0.5) is 13.2 Å². The number of rotatable bonds is 10. The van der Waals surface area contributed by atoms with Crippen molar-refractivity contribution in [1.82, 2.24) is 5.32 Å². The standard InChI is InChI=1S/C23H28FNO5.CH2F2/c1-15(2)14-30-21(23(27)29-4)12-17-7-10-20(28-3)19(11-17)22(26)25-13-16-5-8-18(24)9-6-16;2-1-3/h5-11,15,21H,12-14H2,1-4H3,(H,25,26);1H2. The lowest BCUT2D eigenvalue weighted by molar-refractivity contribution is -0.154. The SMILES string of the molecule is COC(=O)C(Cc1ccc(OC)c(C(=O)NCc2ccc(F)cc2)c1)OCC(C)C.FCF. The van der Waals surface area contributed by atoms with Gasteiger partial charge in [0.25, 0.3) is 5.91 Å². The van der Waals surface area contributed by atoms with Gasteiger partial charge >= 0.3 is 5.97 Å². The number of carbonyl (C=O) groups excluding carboxylic acids is 2. The van der Waals surface area contributed by atoms with Crippen molar-refractivity contribution in [1.29, 1.82) is 0 Å². The molecule has 182 valence electrons. The molecule has 2 aromatic carbocycles. The zero-order valence-electron chi connectivity index (χ0n) is 19.2. The zero-order chi connectivity index (χ0) is 24.8. The molecule has 0 saturated heterocycles. The number of hydrogen-bond acceptors (Lipinski definition) is 5. The number of amides is 1. The highest BCUT2D eigenvalue weighted by atomic mass is 19.3. The molecule has 1 N–H and O–H groups in total. The van der Waals surface area contributed by atoms with Crippen LogP contribution < -0.4 is 10.1 Å². The number of alkyl halides is 2. The van der Waals surface area contributed by atoms with Gasteiger partial charge in [-0.1, -0.05) is 32.0 Å². The summed E-state index contributed by atoms with van der Waals surface area (Å²) in [7, 11) is 2.80. The monoisotopic (exact) mass is 469 g/mol. The van der Waals surface area contributed by atoms with Crippen LogP contribution in [0, 0.1) is 11.7 Å². The van der Waals surface area contributed by atoms with Crippen molar-refractivity contribution in [2.24, 2.45) is 5.92 Å². The van der Waals surface area contributed by atoms with Crippen LogP contribution >= 0.6 is 0 Å². The Morgan fingerprint density at radius 2 is 1.61 bits per heavy atom. The summed E-state index contributed by atoms with van der Waals surface area (Å²) >= 11 is 0. The molecule has 0 bridgehead atoms. The van der Waals surface area contributed by atoms with Crippen molar-refractivity contribution in [2.75, 3.05) is 27.8 Å². The van der Waals surface area contributed by atoms with E-state index < -0.39 is 19.0 Å². The van der Waals surface area contributed by atoms with Crippen LogP contribution in [-0.2, 0) is 27.2 Å². The van der Waals surface area contributed by atoms with Crippen molar-refractivity contribution in [2.45, 2.75) is 32.9 Å². The van der Waals surface area contributed by atoms with Crippen LogP contribution in [0.1, 0.15) is 35.3 Å². The summed E-state index contributed by atoms with van der Waals surface area (Å²) in [6.45, 7) is 2.90. The Kier molecular flexibility index (Phi) is 12.6. The van der Waals surface area contributed by atoms with Gasteiger partial charge in [0.1, 0.15) is 11.6 Å². The molecule has 0 aliphatic rings. The second kappa shape index (κ2) is 14.9. The fraction of sp³-hybridized carbons (Fsp3) is 0.417. The first-order valence-corrected chi connectivity index (χ1v) is 10.3. The van der Waals surface area contributed by atoms with Crippen LogP contribution in [0.2, 0.25) is 0 Å². The fourth-order valence-electron chi connectivity index (χ4n) is 2.80. The van der Waals surface area contributed by atoms with Crippen LogP contribution in [0.25, 0.3) is 0 Å². The number of ether oxygens (including phenoxy) is 3. The Balaban J connectivity index is 0.00000172. The van der Waals surface area contributed by atoms with Gasteiger partial charge in [0.15, 0.2) is 6.10 Å². The van der Waals surface area contributed by atoms with E-state index in [9.17, 15) is 22.8 Å². The Hall–Kier alpha value is -3.07. The molecule has 0 saturated carbocycles. The minimum Gasteiger partial charge on any atom is -0.496 e. The number of esters is 1. The lowest BCUT2D eigenvalue weighted by atomic mass is 10.0. The van der Waals surface area contributed by atoms with Gasteiger partial charge in [-0.2, -0.15) is 0 Å². The summed E-state index contributed by atoms with van der Waals surface area (Å²) in [4.78, 5) is 24.8. The van der Waals surface area contributed by atoms with Crippen LogP contribution in [0.3, 0.4) is 0 Å². The summed E-state index contributed by atoms with van der Waals surface area (Å²) in [5.41, 5.74) is 1.85. The van der Waals surface area contributed by atoms with Gasteiger partial charge in [-0.25, -0.2) is 18.0 Å². The minimum atomic E-state index is -1.75. The molecule has 2 rings (SSSR count). The van der Waals surface area contributed by atoms with E-state index in [-0.39, 0.29) is 30.6 Å². The van der Waals surface area contributed by atoms with E-state index in [0.717, 1.165) is 11.1 Å². The highest BCUT2D eigenvalue weighted by Crippen LogP contribution is 2.22. The van der Waals surface area contributed by atoms with E-state index in [4.69, 9.17) is 14.2 Å². The molecular weight excluding hydrogens is 439 g/mol. The highest BCUT2D eigenvalue weighted by Gasteiger charge is 2.22. The van der Waals surface area contributed by atoms with Crippen molar-refractivity contribution in [3.05, 3.63) is 65.0 Å². The molecule has 2 aromatic rings. The lowest BCUT2D eigenvalue weighted by Gasteiger charge is -2.18. The van der Waals surface area contributed by atoms with Gasteiger partial charge in [-0.3, -0.25) is 4.79 Å². The summed E-state index contributed by atoms with van der Waals surface area (Å²) < 4.78 is 48.1. The number of carbonyl (C=O) groups is 2. The molecule has 1 unspecified atom stereocenters. The van der Waals surface area contributed by atoms with Gasteiger partial charge in [-0.15, -0.1) is 0 Å². The minimum absolute atomic E-state index is 0.245. The van der Waals surface area contributed by atoms with E-state index in [1.54, 1.807) is 30.3 Å². The lowest BCUT2D eigenvalue weighted by Crippen LogP contribution is -2.29. The normalized spacial score (nSPS) is 11.3. The van der Waals surface area contributed by atoms with E-state index in [0.29, 0.717) is 17.9 Å². The molecule has 0 fully saturated rings. The first-order valence-electron chi connectivity index (χ1n) is 10.3. The van der Waals surface area contributed by atoms with E-state index in [1.165, 1.54) is 26.4 Å². The molecule has 0 aliphatic heterocycles. The molecule has 6 nitrogen and oxygen atoms in total. The summed E-state index contributed by atoms with van der Waals surface area (Å²) in [5, 5.41) is 2.80. The molecule has 9 heteroatoms. The van der Waals surface area contributed by atoms with Crippen LogP contribution in [0.15, 0.2) is 42.5 Å². The number of methoxy groups -OCH3 is 2. The van der Waals surface area contributed by atoms with Crippen molar-refractivity contribution < 1.29 is 37.0 Å². The summed E-state index contributed by atoms with van der Waals surface area (Å²) in [6, 6.07) is 11.0. The van der Waals surface area contributed by atoms with E-state index in [2.05, 4.69) is 5.32 Å². The number of nitrogens with one attached hydrogen (secondary N) is 1. The maximum absolute atomic E-state index is 13.0. The molecule has 33 heavy (non-hydrogen) atoms. The topological polar surface area (TPSA) is 73.9 Å². The van der Waals surface area contributed by atoms with E-state index in [1.807, 2.05) is 13.8 Å². The van der Waals surface area contributed by atoms with Crippen molar-refractivity contribution in [3.63, 3.8) is 0 Å². The first kappa shape index (κ1) is 28.0. The Morgan fingerprint density at radius 1 is 1.00 bits per heavy atom.